The van der Waals surface area contributed by atoms with E-state index in [1.54, 1.807) is 0 Å². The van der Waals surface area contributed by atoms with Crippen LogP contribution in [-0.2, 0) is 0 Å². The first-order chi connectivity index (χ1) is 3.77. The summed E-state index contributed by atoms with van der Waals surface area (Å²) in [5.74, 6) is 4.71. The van der Waals surface area contributed by atoms with Crippen LogP contribution >= 0.6 is 7.26 Å². The Balaban J connectivity index is 2.69. The van der Waals surface area contributed by atoms with Gasteiger partial charge in [0.15, 0.2) is 0 Å². The Morgan fingerprint density at radius 3 is 2.00 bits per heavy atom. The van der Waals surface area contributed by atoms with Gasteiger partial charge in [-0.25, -0.2) is 0 Å². The van der Waals surface area contributed by atoms with Crippen LogP contribution in [0.15, 0.2) is 23.8 Å². The van der Waals surface area contributed by atoms with Crippen molar-refractivity contribution in [3.8, 4) is 0 Å². The van der Waals surface area contributed by atoms with Gasteiger partial charge in [0.2, 0.25) is 0 Å². The Labute approximate surface area is 51.6 Å². The quantitative estimate of drug-likeness (QED) is 0.475. The Bertz CT molecular complexity index is 121. The van der Waals surface area contributed by atoms with E-state index in [-0.39, 0.29) is 0 Å². The fourth-order valence-corrected chi connectivity index (χ4v) is 2.26. The Kier molecular flexibility index (Phi) is 1.53. The van der Waals surface area contributed by atoms with Gasteiger partial charge in [-0.1, -0.05) is 38.0 Å². The van der Waals surface area contributed by atoms with Crippen LogP contribution in [0.2, 0.25) is 0 Å². The maximum absolute atomic E-state index is 2.35. The molecule has 0 saturated heterocycles. The maximum atomic E-state index is 2.35. The van der Waals surface area contributed by atoms with Gasteiger partial charge in [0, 0.05) is 0 Å². The SMILES string of the molecule is CC[P]1(C)C=CC=C1. The van der Waals surface area contributed by atoms with Crippen LogP contribution in [0.5, 0.6) is 0 Å². The summed E-state index contributed by atoms with van der Waals surface area (Å²) < 4.78 is 0. The largest absolute Gasteiger partial charge is 0.0880 e. The molecule has 1 radical (unpaired) electrons. The monoisotopic (exact) mass is 127 g/mol. The maximum Gasteiger partial charge on any atom is -0.0326 e. The molecule has 8 heavy (non-hydrogen) atoms. The molecular formula is C7H12P. The standard InChI is InChI=1S/C7H12P/c1-3-8(2)6-4-5-7-8/h4-7H,3H2,1-2H3. The first kappa shape index (κ1) is 6.04. The minimum atomic E-state index is -0.662. The molecule has 1 aliphatic rings. The van der Waals surface area contributed by atoms with E-state index < -0.39 is 7.26 Å². The molecule has 0 N–H and O–H groups in total. The Morgan fingerprint density at radius 2 is 1.75 bits per heavy atom. The molecule has 1 heteroatoms. The normalized spacial score (nSPS) is 22.2. The van der Waals surface area contributed by atoms with Gasteiger partial charge in [0.05, 0.1) is 0 Å². The van der Waals surface area contributed by atoms with E-state index in [2.05, 4.69) is 37.4 Å². The third-order valence-corrected chi connectivity index (χ3v) is 4.71. The van der Waals surface area contributed by atoms with Gasteiger partial charge in [0.1, 0.15) is 0 Å². The molecule has 0 amide bonds. The lowest BCUT2D eigenvalue weighted by atomic mass is 10.6. The number of hydrogen-bond acceptors (Lipinski definition) is 0. The summed E-state index contributed by atoms with van der Waals surface area (Å²) in [5.41, 5.74) is 0. The van der Waals surface area contributed by atoms with Crippen LogP contribution < -0.4 is 0 Å². The van der Waals surface area contributed by atoms with Crippen LogP contribution in [0, 0.1) is 0 Å². The van der Waals surface area contributed by atoms with E-state index >= 15 is 0 Å². The Morgan fingerprint density at radius 1 is 1.25 bits per heavy atom. The summed E-state index contributed by atoms with van der Waals surface area (Å²) in [6.07, 6.45) is 5.65. The van der Waals surface area contributed by atoms with Crippen molar-refractivity contribution in [1.29, 1.82) is 0 Å². The number of rotatable bonds is 1. The van der Waals surface area contributed by atoms with Crippen LogP contribution in [0.25, 0.3) is 0 Å². The van der Waals surface area contributed by atoms with Gasteiger partial charge >= 0.3 is 0 Å². The molecule has 0 fully saturated rings. The molecule has 1 aliphatic heterocycles. The lowest BCUT2D eigenvalue weighted by Crippen LogP contribution is -1.80. The van der Waals surface area contributed by atoms with Gasteiger partial charge in [-0.05, 0) is 12.8 Å². The van der Waals surface area contributed by atoms with Gasteiger partial charge in [-0.3, -0.25) is 0 Å². The zero-order valence-corrected chi connectivity index (χ0v) is 6.36. The molecule has 45 valence electrons. The fourth-order valence-electron chi connectivity index (χ4n) is 0.753. The van der Waals surface area contributed by atoms with Crippen LogP contribution in [-0.4, -0.2) is 12.8 Å². The first-order valence-corrected chi connectivity index (χ1v) is 5.55. The zero-order valence-electron chi connectivity index (χ0n) is 5.46. The van der Waals surface area contributed by atoms with E-state index in [0.29, 0.717) is 0 Å². The van der Waals surface area contributed by atoms with E-state index in [9.17, 15) is 0 Å². The van der Waals surface area contributed by atoms with Crippen molar-refractivity contribution in [1.82, 2.24) is 0 Å². The third kappa shape index (κ3) is 1.00. The molecule has 1 rings (SSSR count). The minimum Gasteiger partial charge on any atom is -0.0880 e. The summed E-state index contributed by atoms with van der Waals surface area (Å²) in [4.78, 5) is 0. The van der Waals surface area contributed by atoms with E-state index in [0.717, 1.165) is 0 Å². The predicted molar refractivity (Wildman–Crippen MR) is 41.7 cm³/mol. The second-order valence-electron chi connectivity index (χ2n) is 2.35. The summed E-state index contributed by atoms with van der Waals surface area (Å²) in [6.45, 7) is 4.61. The second kappa shape index (κ2) is 2.03. The Hall–Kier alpha value is -0.0900. The molecule has 0 aromatic rings. The summed E-state index contributed by atoms with van der Waals surface area (Å²) in [7, 11) is -0.662. The average molecular weight is 127 g/mol. The number of hydrogen-bond donors (Lipinski definition) is 0. The van der Waals surface area contributed by atoms with Gasteiger partial charge in [-0.2, -0.15) is 0 Å². The second-order valence-corrected chi connectivity index (χ2v) is 6.27. The summed E-state index contributed by atoms with van der Waals surface area (Å²) in [6, 6.07) is 0. The van der Waals surface area contributed by atoms with Crippen molar-refractivity contribution in [2.45, 2.75) is 6.92 Å². The predicted octanol–water partition coefficient (Wildman–Crippen LogP) is 2.69. The van der Waals surface area contributed by atoms with Crippen molar-refractivity contribution < 1.29 is 0 Å². The summed E-state index contributed by atoms with van der Waals surface area (Å²) in [5, 5.41) is 0. The molecule has 0 bridgehead atoms. The molecule has 0 unspecified atom stereocenters. The molecule has 0 spiro atoms. The van der Waals surface area contributed by atoms with Crippen molar-refractivity contribution >= 4 is 7.26 Å². The molecule has 0 aromatic carbocycles. The van der Waals surface area contributed by atoms with E-state index in [1.165, 1.54) is 6.16 Å². The van der Waals surface area contributed by atoms with Crippen LogP contribution in [0.1, 0.15) is 6.92 Å². The molecule has 0 aromatic heterocycles. The lowest BCUT2D eigenvalue weighted by molar-refractivity contribution is 1.49. The van der Waals surface area contributed by atoms with Crippen molar-refractivity contribution in [3.05, 3.63) is 23.8 Å². The molecule has 0 nitrogen and oxygen atoms in total. The highest BCUT2D eigenvalue weighted by Gasteiger charge is 2.12. The molecule has 0 saturated carbocycles. The van der Waals surface area contributed by atoms with Gasteiger partial charge < -0.3 is 0 Å². The zero-order chi connectivity index (χ0) is 6.04. The van der Waals surface area contributed by atoms with E-state index in [1.807, 2.05) is 0 Å². The van der Waals surface area contributed by atoms with Gasteiger partial charge in [-0.15, -0.1) is 0 Å². The fraction of sp³-hybridized carbons (Fsp3) is 0.429. The number of allylic oxidation sites excluding steroid dienone is 2. The highest BCUT2D eigenvalue weighted by atomic mass is 31.2. The van der Waals surface area contributed by atoms with Crippen LogP contribution in [0.3, 0.4) is 0 Å². The third-order valence-electron chi connectivity index (χ3n) is 1.65. The van der Waals surface area contributed by atoms with Gasteiger partial charge in [0.25, 0.3) is 0 Å². The first-order valence-electron chi connectivity index (χ1n) is 2.99. The average Bonchev–Trinajstić information content (AvgIpc) is 2.17. The highest BCUT2D eigenvalue weighted by Crippen LogP contribution is 2.60. The smallest absolute Gasteiger partial charge is 0.0326 e. The van der Waals surface area contributed by atoms with Crippen molar-refractivity contribution in [2.24, 2.45) is 0 Å². The summed E-state index contributed by atoms with van der Waals surface area (Å²) >= 11 is 0. The van der Waals surface area contributed by atoms with Crippen molar-refractivity contribution in [2.75, 3.05) is 12.8 Å². The molecule has 0 aliphatic carbocycles. The minimum absolute atomic E-state index is 0.662. The van der Waals surface area contributed by atoms with E-state index in [4.69, 9.17) is 0 Å². The van der Waals surface area contributed by atoms with Crippen molar-refractivity contribution in [3.63, 3.8) is 0 Å². The molecule has 0 atom stereocenters. The lowest BCUT2D eigenvalue weighted by Gasteiger charge is -2.18. The topological polar surface area (TPSA) is 0 Å². The molecular weight excluding hydrogens is 115 g/mol. The van der Waals surface area contributed by atoms with Crippen LogP contribution in [0.4, 0.5) is 0 Å². The molecule has 1 heterocycles. The highest BCUT2D eigenvalue weighted by molar-refractivity contribution is 7.81.